The molecule has 2 heterocycles. The fourth-order valence-electron chi connectivity index (χ4n) is 2.18. The summed E-state index contributed by atoms with van der Waals surface area (Å²) in [4.78, 5) is 28.2. The lowest BCUT2D eigenvalue weighted by Crippen LogP contribution is -2.33. The summed E-state index contributed by atoms with van der Waals surface area (Å²) in [6.07, 6.45) is 0.0242. The zero-order chi connectivity index (χ0) is 15.4. The Balaban J connectivity index is 2.34. The molecule has 1 fully saturated rings. The van der Waals surface area contributed by atoms with Crippen LogP contribution in [0, 0.1) is 0 Å². The summed E-state index contributed by atoms with van der Waals surface area (Å²) < 4.78 is 11.8. The molecule has 3 atom stereocenters. The highest BCUT2D eigenvalue weighted by atomic mass is 16.5. The van der Waals surface area contributed by atoms with Crippen molar-refractivity contribution >= 4 is 0 Å². The maximum atomic E-state index is 11.8. The van der Waals surface area contributed by atoms with E-state index in [1.807, 2.05) is 0 Å². The van der Waals surface area contributed by atoms with Crippen LogP contribution in [0.5, 0.6) is 5.75 Å². The van der Waals surface area contributed by atoms with E-state index >= 15 is 0 Å². The van der Waals surface area contributed by atoms with Crippen molar-refractivity contribution < 1.29 is 14.6 Å². The number of H-pyrrole nitrogens is 1. The van der Waals surface area contributed by atoms with E-state index in [-0.39, 0.29) is 25.4 Å². The number of aliphatic hydroxyl groups excluding tert-OH is 1. The van der Waals surface area contributed by atoms with E-state index < -0.39 is 29.6 Å². The predicted molar refractivity (Wildman–Crippen MR) is 71.0 cm³/mol. The zero-order valence-corrected chi connectivity index (χ0v) is 11.3. The van der Waals surface area contributed by atoms with Crippen LogP contribution in [-0.2, 0) is 4.74 Å². The summed E-state index contributed by atoms with van der Waals surface area (Å²) in [7, 11) is 0. The van der Waals surface area contributed by atoms with Gasteiger partial charge in [0.25, 0.3) is 5.56 Å². The first-order valence-electron chi connectivity index (χ1n) is 6.39. The monoisotopic (exact) mass is 297 g/mol. The molecule has 0 bridgehead atoms. The Morgan fingerprint density at radius 1 is 1.67 bits per heavy atom. The van der Waals surface area contributed by atoms with Gasteiger partial charge >= 0.3 is 5.69 Å². The minimum Gasteiger partial charge on any atom is -0.487 e. The fraction of sp³-hybridized carbons (Fsp3) is 0.636. The van der Waals surface area contributed by atoms with Gasteiger partial charge in [0.1, 0.15) is 6.23 Å². The van der Waals surface area contributed by atoms with Crippen LogP contribution in [0.3, 0.4) is 0 Å². The smallest absolute Gasteiger partial charge is 0.330 e. The molecule has 2 N–H and O–H groups in total. The summed E-state index contributed by atoms with van der Waals surface area (Å²) in [5.74, 6) is -0.00603. The molecular formula is C11H15N5O5. The molecule has 0 spiro atoms. The van der Waals surface area contributed by atoms with E-state index in [0.29, 0.717) is 0 Å². The van der Waals surface area contributed by atoms with Crippen molar-refractivity contribution in [2.45, 2.75) is 31.7 Å². The van der Waals surface area contributed by atoms with Gasteiger partial charge in [-0.15, -0.1) is 0 Å². The SMILES string of the molecule is CCOc1cn([C@H]2C[C@H](N=[N+]=[N-])[C@@H](CO)O2)c(=O)[nH]c1=O. The lowest BCUT2D eigenvalue weighted by Gasteiger charge is -2.15. The largest absolute Gasteiger partial charge is 0.487 e. The lowest BCUT2D eigenvalue weighted by molar-refractivity contribution is -0.0273. The van der Waals surface area contributed by atoms with Gasteiger partial charge in [0.05, 0.1) is 31.6 Å². The van der Waals surface area contributed by atoms with Crippen LogP contribution in [0.2, 0.25) is 0 Å². The normalized spacial score (nSPS) is 24.6. The van der Waals surface area contributed by atoms with Crippen molar-refractivity contribution in [2.75, 3.05) is 13.2 Å². The van der Waals surface area contributed by atoms with Crippen molar-refractivity contribution in [1.82, 2.24) is 9.55 Å². The fourth-order valence-corrected chi connectivity index (χ4v) is 2.18. The number of aliphatic hydroxyl groups is 1. The molecule has 0 unspecified atom stereocenters. The Morgan fingerprint density at radius 3 is 3.05 bits per heavy atom. The van der Waals surface area contributed by atoms with Gasteiger partial charge < -0.3 is 14.6 Å². The number of nitrogens with one attached hydrogen (secondary N) is 1. The second-order valence-electron chi connectivity index (χ2n) is 4.41. The zero-order valence-electron chi connectivity index (χ0n) is 11.3. The van der Waals surface area contributed by atoms with Gasteiger partial charge in [-0.1, -0.05) is 5.11 Å². The van der Waals surface area contributed by atoms with Crippen LogP contribution in [0.25, 0.3) is 10.4 Å². The number of nitrogens with zero attached hydrogens (tertiary/aromatic N) is 4. The third kappa shape index (κ3) is 3.07. The van der Waals surface area contributed by atoms with Crippen molar-refractivity contribution in [3.8, 4) is 5.75 Å². The summed E-state index contributed by atoms with van der Waals surface area (Å²) in [6, 6.07) is -0.584. The van der Waals surface area contributed by atoms with Crippen LogP contribution in [0.1, 0.15) is 19.6 Å². The number of hydrogen-bond donors (Lipinski definition) is 2. The molecule has 1 aliphatic heterocycles. The third-order valence-electron chi connectivity index (χ3n) is 3.13. The van der Waals surface area contributed by atoms with Crippen LogP contribution in [0.4, 0.5) is 0 Å². The molecule has 1 aliphatic rings. The summed E-state index contributed by atoms with van der Waals surface area (Å²) in [6.45, 7) is 1.64. The molecule has 10 nitrogen and oxygen atoms in total. The number of rotatable bonds is 5. The van der Waals surface area contributed by atoms with Gasteiger partial charge in [0, 0.05) is 11.3 Å². The molecule has 21 heavy (non-hydrogen) atoms. The number of aromatic amines is 1. The second-order valence-corrected chi connectivity index (χ2v) is 4.41. The Hall–Kier alpha value is -2.29. The average molecular weight is 297 g/mol. The Kier molecular flexibility index (Phi) is 4.63. The first-order chi connectivity index (χ1) is 10.1. The van der Waals surface area contributed by atoms with E-state index in [4.69, 9.17) is 15.0 Å². The van der Waals surface area contributed by atoms with Gasteiger partial charge in [-0.05, 0) is 12.5 Å². The molecule has 0 aliphatic carbocycles. The van der Waals surface area contributed by atoms with Gasteiger partial charge in [0.2, 0.25) is 5.75 Å². The maximum absolute atomic E-state index is 11.8. The van der Waals surface area contributed by atoms with Crippen molar-refractivity contribution in [3.63, 3.8) is 0 Å². The highest BCUT2D eigenvalue weighted by molar-refractivity contribution is 5.12. The van der Waals surface area contributed by atoms with Gasteiger partial charge in [0.15, 0.2) is 0 Å². The highest BCUT2D eigenvalue weighted by Crippen LogP contribution is 2.30. The topological polar surface area (TPSA) is 142 Å². The molecule has 1 aromatic rings. The van der Waals surface area contributed by atoms with E-state index in [9.17, 15) is 14.7 Å². The lowest BCUT2D eigenvalue weighted by atomic mass is 10.1. The van der Waals surface area contributed by atoms with E-state index in [0.717, 1.165) is 4.57 Å². The van der Waals surface area contributed by atoms with Crippen LogP contribution < -0.4 is 16.0 Å². The number of ether oxygens (including phenoxy) is 2. The van der Waals surface area contributed by atoms with Crippen LogP contribution in [0.15, 0.2) is 20.9 Å². The Morgan fingerprint density at radius 2 is 2.43 bits per heavy atom. The van der Waals surface area contributed by atoms with Crippen molar-refractivity contribution in [3.05, 3.63) is 37.5 Å². The summed E-state index contributed by atoms with van der Waals surface area (Å²) in [5.41, 5.74) is 7.20. The predicted octanol–water partition coefficient (Wildman–Crippen LogP) is -0.106. The van der Waals surface area contributed by atoms with Crippen molar-refractivity contribution in [1.29, 1.82) is 0 Å². The molecule has 0 radical (unpaired) electrons. The summed E-state index contributed by atoms with van der Waals surface area (Å²) >= 11 is 0. The first-order valence-corrected chi connectivity index (χ1v) is 6.39. The van der Waals surface area contributed by atoms with E-state index in [2.05, 4.69) is 15.0 Å². The third-order valence-corrected chi connectivity index (χ3v) is 3.13. The Bertz CT molecular complexity index is 662. The van der Waals surface area contributed by atoms with Crippen molar-refractivity contribution in [2.24, 2.45) is 5.11 Å². The number of hydrogen-bond acceptors (Lipinski definition) is 6. The molecule has 10 heteroatoms. The maximum Gasteiger partial charge on any atom is 0.330 e. The number of azide groups is 1. The minimum absolute atomic E-state index is 0.00603. The molecule has 2 rings (SSSR count). The second kappa shape index (κ2) is 6.44. The highest BCUT2D eigenvalue weighted by Gasteiger charge is 2.35. The quantitative estimate of drug-likeness (QED) is 0.443. The van der Waals surface area contributed by atoms with Gasteiger partial charge in [-0.2, -0.15) is 0 Å². The van der Waals surface area contributed by atoms with Crippen LogP contribution >= 0.6 is 0 Å². The Labute approximate surface area is 118 Å². The molecule has 0 saturated carbocycles. The molecule has 1 saturated heterocycles. The molecular weight excluding hydrogens is 282 g/mol. The van der Waals surface area contributed by atoms with Gasteiger partial charge in [-0.3, -0.25) is 14.3 Å². The molecule has 1 aromatic heterocycles. The molecule has 0 amide bonds. The van der Waals surface area contributed by atoms with E-state index in [1.54, 1.807) is 6.92 Å². The first kappa shape index (κ1) is 15.1. The molecule has 0 aromatic carbocycles. The van der Waals surface area contributed by atoms with Gasteiger partial charge in [-0.25, -0.2) is 4.79 Å². The van der Waals surface area contributed by atoms with E-state index in [1.165, 1.54) is 6.20 Å². The standard InChI is InChI=1S/C11H15N5O5/c1-2-20-7-4-16(11(19)13-10(7)18)9-3-6(14-15-12)8(5-17)21-9/h4,6,8-9,17H,2-3,5H2,1H3,(H,13,18,19)/t6-,8+,9+/m0/s1. The average Bonchev–Trinajstić information content (AvgIpc) is 2.85. The number of aromatic nitrogens is 2. The minimum atomic E-state index is -0.749. The van der Waals surface area contributed by atoms with Crippen LogP contribution in [-0.4, -0.2) is 40.0 Å². The molecule has 114 valence electrons. The summed E-state index contributed by atoms with van der Waals surface area (Å²) in [5, 5.41) is 12.7.